The van der Waals surface area contributed by atoms with Crippen LogP contribution < -0.4 is 5.32 Å². The minimum Gasteiger partial charge on any atom is -0.363 e. The highest BCUT2D eigenvalue weighted by molar-refractivity contribution is 5.40. The lowest BCUT2D eigenvalue weighted by Crippen LogP contribution is -2.10. The maximum atomic E-state index is 4.29. The van der Waals surface area contributed by atoms with Gasteiger partial charge in [-0.3, -0.25) is 0 Å². The Morgan fingerprint density at radius 1 is 1.05 bits per heavy atom. The van der Waals surface area contributed by atoms with Crippen LogP contribution in [0.2, 0.25) is 0 Å². The van der Waals surface area contributed by atoms with Gasteiger partial charge in [-0.25, -0.2) is 9.97 Å². The first kappa shape index (κ1) is 13.5. The number of hydrogen-bond acceptors (Lipinski definition) is 3. The van der Waals surface area contributed by atoms with Crippen LogP contribution in [0, 0.1) is 6.92 Å². The van der Waals surface area contributed by atoms with Crippen molar-refractivity contribution < 1.29 is 0 Å². The molecule has 1 atom stereocenters. The highest BCUT2D eigenvalue weighted by Gasteiger charge is 2.09. The van der Waals surface area contributed by atoms with Crippen molar-refractivity contribution in [1.82, 2.24) is 9.97 Å². The second kappa shape index (κ2) is 5.83. The summed E-state index contributed by atoms with van der Waals surface area (Å²) < 4.78 is 0. The molecule has 2 rings (SSSR count). The van der Waals surface area contributed by atoms with Crippen LogP contribution in [-0.2, 0) is 0 Å². The monoisotopic (exact) mass is 255 g/mol. The third kappa shape index (κ3) is 3.31. The third-order valence-electron chi connectivity index (χ3n) is 3.30. The van der Waals surface area contributed by atoms with E-state index in [-0.39, 0.29) is 6.04 Å². The Balaban J connectivity index is 2.17. The normalized spacial score (nSPS) is 12.5. The van der Waals surface area contributed by atoms with Crippen LogP contribution in [0.15, 0.2) is 36.7 Å². The summed E-state index contributed by atoms with van der Waals surface area (Å²) in [4.78, 5) is 8.58. The Morgan fingerprint density at radius 3 is 2.47 bits per heavy atom. The van der Waals surface area contributed by atoms with Gasteiger partial charge in [-0.05, 0) is 30.9 Å². The van der Waals surface area contributed by atoms with Gasteiger partial charge in [-0.15, -0.1) is 0 Å². The molecule has 0 saturated heterocycles. The quantitative estimate of drug-likeness (QED) is 0.894. The van der Waals surface area contributed by atoms with E-state index in [1.807, 2.05) is 6.07 Å². The van der Waals surface area contributed by atoms with Crippen molar-refractivity contribution in [3.63, 3.8) is 0 Å². The average molecular weight is 255 g/mol. The van der Waals surface area contributed by atoms with E-state index < -0.39 is 0 Å². The maximum absolute atomic E-state index is 4.29. The standard InChI is InChI=1S/C16H21N3/c1-11(2)15-9-16(18-10-17-15)19-13(4)14-8-6-5-7-12(14)3/h5-11,13H,1-4H3,(H,17,18,19). The van der Waals surface area contributed by atoms with Crippen LogP contribution in [0.4, 0.5) is 5.82 Å². The first-order chi connectivity index (χ1) is 9.08. The van der Waals surface area contributed by atoms with Crippen LogP contribution in [0.5, 0.6) is 0 Å². The van der Waals surface area contributed by atoms with Gasteiger partial charge in [0.15, 0.2) is 0 Å². The fourth-order valence-electron chi connectivity index (χ4n) is 2.14. The molecule has 1 aromatic heterocycles. The van der Waals surface area contributed by atoms with Crippen LogP contribution in [0.25, 0.3) is 0 Å². The number of anilines is 1. The van der Waals surface area contributed by atoms with Crippen molar-refractivity contribution in [2.24, 2.45) is 0 Å². The summed E-state index contributed by atoms with van der Waals surface area (Å²) in [5.41, 5.74) is 3.65. The molecule has 0 fully saturated rings. The Hall–Kier alpha value is -1.90. The minimum absolute atomic E-state index is 0.233. The van der Waals surface area contributed by atoms with E-state index in [1.165, 1.54) is 11.1 Å². The summed E-state index contributed by atoms with van der Waals surface area (Å²) in [6.07, 6.45) is 1.63. The molecule has 2 aromatic rings. The number of nitrogens with one attached hydrogen (secondary N) is 1. The largest absolute Gasteiger partial charge is 0.363 e. The lowest BCUT2D eigenvalue weighted by Gasteiger charge is -2.17. The van der Waals surface area contributed by atoms with Gasteiger partial charge in [0.1, 0.15) is 12.1 Å². The van der Waals surface area contributed by atoms with Gasteiger partial charge in [0.05, 0.1) is 6.04 Å². The molecule has 0 aliphatic heterocycles. The number of hydrogen-bond donors (Lipinski definition) is 1. The van der Waals surface area contributed by atoms with Crippen molar-refractivity contribution in [2.45, 2.75) is 39.7 Å². The molecular weight excluding hydrogens is 234 g/mol. The Morgan fingerprint density at radius 2 is 1.79 bits per heavy atom. The number of nitrogens with zero attached hydrogens (tertiary/aromatic N) is 2. The summed E-state index contributed by atoms with van der Waals surface area (Å²) in [6, 6.07) is 10.7. The van der Waals surface area contributed by atoms with Crippen LogP contribution >= 0.6 is 0 Å². The Bertz CT molecular complexity index is 549. The summed E-state index contributed by atoms with van der Waals surface area (Å²) in [5.74, 6) is 1.30. The van der Waals surface area contributed by atoms with Crippen molar-refractivity contribution >= 4 is 5.82 Å². The van der Waals surface area contributed by atoms with Gasteiger partial charge in [-0.1, -0.05) is 38.1 Å². The van der Waals surface area contributed by atoms with Gasteiger partial charge in [0.25, 0.3) is 0 Å². The van der Waals surface area contributed by atoms with E-state index in [1.54, 1.807) is 6.33 Å². The lowest BCUT2D eigenvalue weighted by atomic mass is 10.0. The predicted molar refractivity (Wildman–Crippen MR) is 79.3 cm³/mol. The highest BCUT2D eigenvalue weighted by atomic mass is 15.0. The molecule has 0 bridgehead atoms. The molecule has 0 spiro atoms. The van der Waals surface area contributed by atoms with Gasteiger partial charge < -0.3 is 5.32 Å². The molecule has 0 aliphatic rings. The Labute approximate surface area is 115 Å². The molecule has 100 valence electrons. The molecule has 1 heterocycles. The van der Waals surface area contributed by atoms with Gasteiger partial charge in [0, 0.05) is 11.8 Å². The van der Waals surface area contributed by atoms with Crippen LogP contribution in [-0.4, -0.2) is 9.97 Å². The summed E-state index contributed by atoms with van der Waals surface area (Å²) in [7, 11) is 0. The van der Waals surface area contributed by atoms with Crippen molar-refractivity contribution in [2.75, 3.05) is 5.32 Å². The second-order valence-electron chi connectivity index (χ2n) is 5.21. The van der Waals surface area contributed by atoms with E-state index in [9.17, 15) is 0 Å². The van der Waals surface area contributed by atoms with E-state index >= 15 is 0 Å². The van der Waals surface area contributed by atoms with E-state index in [0.29, 0.717) is 5.92 Å². The molecule has 3 nitrogen and oxygen atoms in total. The molecule has 0 saturated carbocycles. The molecule has 1 N–H and O–H groups in total. The predicted octanol–water partition coefficient (Wildman–Crippen LogP) is 4.08. The SMILES string of the molecule is Cc1ccccc1C(C)Nc1cc(C(C)C)ncn1. The number of rotatable bonds is 4. The molecular formula is C16H21N3. The zero-order valence-electron chi connectivity index (χ0n) is 12.0. The lowest BCUT2D eigenvalue weighted by molar-refractivity contribution is 0.806. The van der Waals surface area contributed by atoms with E-state index in [2.05, 4.69) is 67.2 Å². The molecule has 1 unspecified atom stereocenters. The van der Waals surface area contributed by atoms with Crippen molar-refractivity contribution in [3.8, 4) is 0 Å². The van der Waals surface area contributed by atoms with E-state index in [4.69, 9.17) is 0 Å². The fraction of sp³-hybridized carbons (Fsp3) is 0.375. The third-order valence-corrected chi connectivity index (χ3v) is 3.30. The van der Waals surface area contributed by atoms with Gasteiger partial charge >= 0.3 is 0 Å². The summed E-state index contributed by atoms with van der Waals surface area (Å²) in [6.45, 7) is 8.56. The smallest absolute Gasteiger partial charge is 0.130 e. The molecule has 19 heavy (non-hydrogen) atoms. The number of benzene rings is 1. The summed E-state index contributed by atoms with van der Waals surface area (Å²) >= 11 is 0. The van der Waals surface area contributed by atoms with E-state index in [0.717, 1.165) is 11.5 Å². The zero-order valence-corrected chi connectivity index (χ0v) is 12.0. The minimum atomic E-state index is 0.233. The summed E-state index contributed by atoms with van der Waals surface area (Å²) in [5, 5.41) is 3.44. The van der Waals surface area contributed by atoms with Gasteiger partial charge in [-0.2, -0.15) is 0 Å². The highest BCUT2D eigenvalue weighted by Crippen LogP contribution is 2.22. The first-order valence-corrected chi connectivity index (χ1v) is 6.72. The van der Waals surface area contributed by atoms with Crippen molar-refractivity contribution in [3.05, 3.63) is 53.5 Å². The molecule has 1 aromatic carbocycles. The molecule has 3 heteroatoms. The van der Waals surface area contributed by atoms with Crippen molar-refractivity contribution in [1.29, 1.82) is 0 Å². The Kier molecular flexibility index (Phi) is 4.15. The second-order valence-corrected chi connectivity index (χ2v) is 5.21. The zero-order chi connectivity index (χ0) is 13.8. The average Bonchev–Trinajstić information content (AvgIpc) is 2.39. The first-order valence-electron chi connectivity index (χ1n) is 6.72. The van der Waals surface area contributed by atoms with Crippen LogP contribution in [0.3, 0.4) is 0 Å². The molecule has 0 amide bonds. The maximum Gasteiger partial charge on any atom is 0.130 e. The topological polar surface area (TPSA) is 37.8 Å². The number of aromatic nitrogens is 2. The van der Waals surface area contributed by atoms with Crippen LogP contribution in [0.1, 0.15) is 49.6 Å². The fourth-order valence-corrected chi connectivity index (χ4v) is 2.14. The molecule has 0 aliphatic carbocycles. The van der Waals surface area contributed by atoms with Gasteiger partial charge in [0.2, 0.25) is 0 Å². The molecule has 0 radical (unpaired) electrons. The number of aryl methyl sites for hydroxylation is 1.